The number of ketones is 1. The second kappa shape index (κ2) is 5.91. The highest BCUT2D eigenvalue weighted by Crippen LogP contribution is 2.22. The molecule has 0 fully saturated rings. The Morgan fingerprint density at radius 1 is 1.24 bits per heavy atom. The summed E-state index contributed by atoms with van der Waals surface area (Å²) in [6.07, 6.45) is 4.47. The maximum Gasteiger partial charge on any atom is 0.337 e. The number of ether oxygens (including phenoxy) is 2. The predicted octanol–water partition coefficient (Wildman–Crippen LogP) is 3.15. The summed E-state index contributed by atoms with van der Waals surface area (Å²) in [4.78, 5) is 23.2. The molecule has 1 heterocycles. The molecule has 0 bridgehead atoms. The molecule has 1 aliphatic rings. The second-order valence-corrected chi connectivity index (χ2v) is 5.01. The minimum Gasteiger partial charge on any atom is -0.453 e. The first kappa shape index (κ1) is 15.0. The van der Waals surface area contributed by atoms with Crippen molar-refractivity contribution in [1.29, 1.82) is 0 Å². The van der Waals surface area contributed by atoms with Crippen LogP contribution < -0.4 is 0 Å². The van der Waals surface area contributed by atoms with Gasteiger partial charge in [0.25, 0.3) is 0 Å². The third kappa shape index (κ3) is 4.27. The number of hydrogen-bond donors (Lipinski definition) is 0. The van der Waals surface area contributed by atoms with Crippen LogP contribution in [0, 0.1) is 5.82 Å². The minimum atomic E-state index is -1.02. The fourth-order valence-electron chi connectivity index (χ4n) is 1.84. The molecule has 0 spiro atoms. The van der Waals surface area contributed by atoms with Gasteiger partial charge in [-0.05, 0) is 30.3 Å². The number of carbonyl (C=O) groups is 2. The third-order valence-corrected chi connectivity index (χ3v) is 2.72. The molecule has 1 aromatic rings. The quantitative estimate of drug-likeness (QED) is 0.631. The first-order valence-electron chi connectivity index (χ1n) is 6.45. The van der Waals surface area contributed by atoms with Crippen LogP contribution in [-0.2, 0) is 14.3 Å². The van der Waals surface area contributed by atoms with Gasteiger partial charge in [0.05, 0.1) is 6.08 Å². The van der Waals surface area contributed by atoms with Crippen LogP contribution >= 0.6 is 0 Å². The first-order valence-corrected chi connectivity index (χ1v) is 6.45. The third-order valence-electron chi connectivity index (χ3n) is 2.72. The molecule has 0 aromatic heterocycles. The number of benzene rings is 1. The Balaban J connectivity index is 1.98. The van der Waals surface area contributed by atoms with Crippen molar-refractivity contribution in [2.45, 2.75) is 26.1 Å². The van der Waals surface area contributed by atoms with E-state index < -0.39 is 11.8 Å². The van der Waals surface area contributed by atoms with Crippen molar-refractivity contribution in [2.75, 3.05) is 0 Å². The van der Waals surface area contributed by atoms with Gasteiger partial charge in [-0.15, -0.1) is 0 Å². The van der Waals surface area contributed by atoms with E-state index in [1.54, 1.807) is 26.0 Å². The number of hydrogen-bond acceptors (Lipinski definition) is 4. The summed E-state index contributed by atoms with van der Waals surface area (Å²) in [6.45, 7) is 3.24. The molecule has 0 unspecified atom stereocenters. The van der Waals surface area contributed by atoms with Crippen molar-refractivity contribution in [3.8, 4) is 0 Å². The number of allylic oxidation sites excluding steroid dienone is 2. The second-order valence-electron chi connectivity index (χ2n) is 5.01. The summed E-state index contributed by atoms with van der Waals surface area (Å²) >= 11 is 0. The zero-order chi connectivity index (χ0) is 15.5. The Labute approximate surface area is 121 Å². The van der Waals surface area contributed by atoms with E-state index in [1.165, 1.54) is 30.3 Å². The molecule has 0 saturated carbocycles. The maximum atomic E-state index is 12.8. The Bertz CT molecular complexity index is 612. The van der Waals surface area contributed by atoms with Crippen LogP contribution in [0.4, 0.5) is 4.39 Å². The first-order chi connectivity index (χ1) is 9.85. The summed E-state index contributed by atoms with van der Waals surface area (Å²) < 4.78 is 23.1. The molecular weight excluding hydrogens is 275 g/mol. The zero-order valence-corrected chi connectivity index (χ0v) is 11.8. The van der Waals surface area contributed by atoms with Crippen LogP contribution in [0.3, 0.4) is 0 Å². The van der Waals surface area contributed by atoms with Crippen LogP contribution in [0.15, 0.2) is 48.3 Å². The highest BCUT2D eigenvalue weighted by Gasteiger charge is 2.28. The van der Waals surface area contributed by atoms with E-state index >= 15 is 0 Å². The van der Waals surface area contributed by atoms with Crippen LogP contribution in [0.1, 0.15) is 30.6 Å². The van der Waals surface area contributed by atoms with Crippen molar-refractivity contribution < 1.29 is 23.5 Å². The normalized spacial score (nSPS) is 17.1. The molecule has 2 rings (SSSR count). The maximum absolute atomic E-state index is 12.8. The largest absolute Gasteiger partial charge is 0.453 e. The van der Waals surface area contributed by atoms with E-state index in [4.69, 9.17) is 9.47 Å². The van der Waals surface area contributed by atoms with Gasteiger partial charge in [-0.25, -0.2) is 9.18 Å². The van der Waals surface area contributed by atoms with Crippen molar-refractivity contribution in [3.05, 3.63) is 59.6 Å². The van der Waals surface area contributed by atoms with E-state index in [0.717, 1.165) is 0 Å². The molecule has 1 aromatic carbocycles. The average Bonchev–Trinajstić information content (AvgIpc) is 2.37. The van der Waals surface area contributed by atoms with E-state index in [1.807, 2.05) is 0 Å². The fourth-order valence-corrected chi connectivity index (χ4v) is 1.84. The van der Waals surface area contributed by atoms with Gasteiger partial charge in [-0.2, -0.15) is 0 Å². The van der Waals surface area contributed by atoms with Crippen LogP contribution in [0.25, 0.3) is 0 Å². The highest BCUT2D eigenvalue weighted by molar-refractivity contribution is 5.97. The van der Waals surface area contributed by atoms with Crippen LogP contribution in [0.2, 0.25) is 0 Å². The molecular formula is C16H15FO4. The standard InChI is InChI=1S/C16H15FO4/c1-16(2)20-13(10-15(19)21-16)4-3-5-14(18)11-6-8-12(17)9-7-11/h3-4,6-10H,5H2,1-2H3/b4-3+. The number of carbonyl (C=O) groups excluding carboxylic acids is 2. The van der Waals surface area contributed by atoms with Gasteiger partial charge in [-0.1, -0.05) is 6.08 Å². The van der Waals surface area contributed by atoms with Crippen LogP contribution in [-0.4, -0.2) is 17.5 Å². The molecule has 0 saturated heterocycles. The predicted molar refractivity (Wildman–Crippen MR) is 73.8 cm³/mol. The average molecular weight is 290 g/mol. The molecule has 0 atom stereocenters. The van der Waals surface area contributed by atoms with Gasteiger partial charge in [0, 0.05) is 25.8 Å². The lowest BCUT2D eigenvalue weighted by molar-refractivity contribution is -0.203. The Kier molecular flexibility index (Phi) is 4.21. The summed E-state index contributed by atoms with van der Waals surface area (Å²) in [5.41, 5.74) is 0.430. The van der Waals surface area contributed by atoms with Gasteiger partial charge in [0.15, 0.2) is 5.78 Å². The fraction of sp³-hybridized carbons (Fsp3) is 0.250. The SMILES string of the molecule is CC1(C)OC(=O)C=C(/C=C/CC(=O)c2ccc(F)cc2)O1. The lowest BCUT2D eigenvalue weighted by Crippen LogP contribution is -2.33. The van der Waals surface area contributed by atoms with Gasteiger partial charge in [-0.3, -0.25) is 4.79 Å². The lowest BCUT2D eigenvalue weighted by Gasteiger charge is -2.29. The topological polar surface area (TPSA) is 52.6 Å². The summed E-state index contributed by atoms with van der Waals surface area (Å²) in [5.74, 6) is -1.71. The van der Waals surface area contributed by atoms with Crippen molar-refractivity contribution in [1.82, 2.24) is 0 Å². The summed E-state index contributed by atoms with van der Waals surface area (Å²) in [6, 6.07) is 5.34. The van der Waals surface area contributed by atoms with E-state index in [-0.39, 0.29) is 18.0 Å². The summed E-state index contributed by atoms with van der Waals surface area (Å²) in [5, 5.41) is 0. The smallest absolute Gasteiger partial charge is 0.337 e. The monoisotopic (exact) mass is 290 g/mol. The van der Waals surface area contributed by atoms with Crippen molar-refractivity contribution in [3.63, 3.8) is 0 Å². The Hall–Kier alpha value is -2.43. The van der Waals surface area contributed by atoms with Gasteiger partial charge >= 0.3 is 5.97 Å². The number of Topliss-reactive ketones (excluding diaryl/α,β-unsaturated/α-hetero) is 1. The molecule has 110 valence electrons. The number of rotatable bonds is 4. The van der Waals surface area contributed by atoms with E-state index in [0.29, 0.717) is 11.3 Å². The molecule has 0 aliphatic carbocycles. The molecule has 0 amide bonds. The number of esters is 1. The van der Waals surface area contributed by atoms with Crippen molar-refractivity contribution >= 4 is 11.8 Å². The Morgan fingerprint density at radius 2 is 1.90 bits per heavy atom. The van der Waals surface area contributed by atoms with Crippen molar-refractivity contribution in [2.24, 2.45) is 0 Å². The van der Waals surface area contributed by atoms with Gasteiger partial charge < -0.3 is 9.47 Å². The van der Waals surface area contributed by atoms with E-state index in [2.05, 4.69) is 0 Å². The van der Waals surface area contributed by atoms with E-state index in [9.17, 15) is 14.0 Å². The molecule has 0 N–H and O–H groups in total. The molecule has 21 heavy (non-hydrogen) atoms. The van der Waals surface area contributed by atoms with Crippen LogP contribution in [0.5, 0.6) is 0 Å². The number of halogens is 1. The number of cyclic esters (lactones) is 1. The summed E-state index contributed by atoms with van der Waals surface area (Å²) in [7, 11) is 0. The minimum absolute atomic E-state index is 0.127. The lowest BCUT2D eigenvalue weighted by atomic mass is 10.1. The zero-order valence-electron chi connectivity index (χ0n) is 11.8. The van der Waals surface area contributed by atoms with Gasteiger partial charge in [0.2, 0.25) is 5.79 Å². The van der Waals surface area contributed by atoms with Gasteiger partial charge in [0.1, 0.15) is 11.6 Å². The molecule has 5 heteroatoms. The molecule has 0 radical (unpaired) electrons. The molecule has 1 aliphatic heterocycles. The molecule has 4 nitrogen and oxygen atoms in total. The Morgan fingerprint density at radius 3 is 2.52 bits per heavy atom. The highest BCUT2D eigenvalue weighted by atomic mass is 19.1.